The van der Waals surface area contributed by atoms with Gasteiger partial charge in [-0.15, -0.1) is 0 Å². The molecule has 0 bridgehead atoms. The maximum absolute atomic E-state index is 14.0. The standard InChI is InChI=1S/C25H38NO4P/c1-9-29-31(28,30-10-2)23(26-19-14-12-11-13-15-19)18-16-20(24(3,4)5)22(27)21(17-18)25(6,7)8/h11-17,23,26-27H,9-10H2,1-8H3. The highest BCUT2D eigenvalue weighted by atomic mass is 31.2. The van der Waals surface area contributed by atoms with Crippen LogP contribution in [0.25, 0.3) is 0 Å². The fourth-order valence-corrected chi connectivity index (χ4v) is 5.46. The maximum Gasteiger partial charge on any atom is 0.357 e. The molecule has 0 aliphatic carbocycles. The van der Waals surface area contributed by atoms with Crippen LogP contribution >= 0.6 is 7.60 Å². The first-order chi connectivity index (χ1) is 14.3. The Morgan fingerprint density at radius 3 is 1.74 bits per heavy atom. The number of rotatable bonds is 8. The molecule has 0 aliphatic heterocycles. The van der Waals surface area contributed by atoms with Crippen molar-refractivity contribution >= 4 is 13.3 Å². The Kier molecular flexibility index (Phi) is 8.02. The maximum atomic E-state index is 14.0. The SMILES string of the molecule is CCOP(=O)(OCC)C(Nc1ccccc1)c1cc(C(C)(C)C)c(O)c(C(C)(C)C)c1. The number of hydrogen-bond donors (Lipinski definition) is 2. The number of aromatic hydroxyl groups is 1. The normalized spacial score (nSPS) is 13.8. The minimum absolute atomic E-state index is 0.264. The first-order valence-corrected chi connectivity index (χ1v) is 12.5. The zero-order valence-electron chi connectivity index (χ0n) is 20.2. The number of benzene rings is 2. The van der Waals surface area contributed by atoms with Gasteiger partial charge in [-0.25, -0.2) is 0 Å². The molecule has 0 amide bonds. The molecule has 0 saturated heterocycles. The van der Waals surface area contributed by atoms with Crippen molar-refractivity contribution in [2.24, 2.45) is 0 Å². The van der Waals surface area contributed by atoms with E-state index in [1.807, 2.05) is 56.3 Å². The lowest BCUT2D eigenvalue weighted by Gasteiger charge is -2.32. The lowest BCUT2D eigenvalue weighted by molar-refractivity contribution is 0.214. The fourth-order valence-electron chi connectivity index (χ4n) is 3.54. The van der Waals surface area contributed by atoms with Crippen LogP contribution in [0.3, 0.4) is 0 Å². The molecule has 2 aromatic rings. The number of hydrogen-bond acceptors (Lipinski definition) is 5. The summed E-state index contributed by atoms with van der Waals surface area (Å²) in [5.41, 5.74) is 2.57. The highest BCUT2D eigenvalue weighted by molar-refractivity contribution is 7.54. The van der Waals surface area contributed by atoms with Gasteiger partial charge in [-0.05, 0) is 65.6 Å². The van der Waals surface area contributed by atoms with Crippen LogP contribution in [0.1, 0.15) is 77.9 Å². The quantitative estimate of drug-likeness (QED) is 0.414. The summed E-state index contributed by atoms with van der Waals surface area (Å²) >= 11 is 0. The van der Waals surface area contributed by atoms with Gasteiger partial charge in [0.1, 0.15) is 5.75 Å². The van der Waals surface area contributed by atoms with Gasteiger partial charge < -0.3 is 19.5 Å². The van der Waals surface area contributed by atoms with E-state index < -0.39 is 13.4 Å². The molecular formula is C25H38NO4P. The Bertz CT molecular complexity index is 868. The predicted molar refractivity (Wildman–Crippen MR) is 129 cm³/mol. The van der Waals surface area contributed by atoms with Crippen LogP contribution in [0, 0.1) is 0 Å². The summed E-state index contributed by atoms with van der Waals surface area (Å²) in [7, 11) is -3.57. The zero-order valence-corrected chi connectivity index (χ0v) is 21.0. The van der Waals surface area contributed by atoms with Crippen molar-refractivity contribution in [3.63, 3.8) is 0 Å². The van der Waals surface area contributed by atoms with Crippen LogP contribution in [-0.2, 0) is 24.4 Å². The minimum Gasteiger partial charge on any atom is -0.507 e. The Morgan fingerprint density at radius 2 is 1.35 bits per heavy atom. The molecule has 0 fully saturated rings. The van der Waals surface area contributed by atoms with Gasteiger partial charge in [0.15, 0.2) is 5.78 Å². The molecule has 2 N–H and O–H groups in total. The smallest absolute Gasteiger partial charge is 0.357 e. The molecule has 31 heavy (non-hydrogen) atoms. The van der Waals surface area contributed by atoms with Gasteiger partial charge in [-0.3, -0.25) is 4.57 Å². The number of phenolic OH excluding ortho intramolecular Hbond substituents is 1. The molecule has 2 aromatic carbocycles. The Balaban J connectivity index is 2.79. The van der Waals surface area contributed by atoms with E-state index in [-0.39, 0.29) is 29.8 Å². The van der Waals surface area contributed by atoms with E-state index in [0.29, 0.717) is 0 Å². The van der Waals surface area contributed by atoms with E-state index in [0.717, 1.165) is 22.4 Å². The van der Waals surface area contributed by atoms with E-state index in [2.05, 4.69) is 46.9 Å². The molecular weight excluding hydrogens is 409 g/mol. The van der Waals surface area contributed by atoms with Gasteiger partial charge >= 0.3 is 7.60 Å². The number of phenols is 1. The Hall–Kier alpha value is -1.81. The molecule has 172 valence electrons. The van der Waals surface area contributed by atoms with E-state index in [9.17, 15) is 9.67 Å². The summed E-state index contributed by atoms with van der Waals surface area (Å²) in [5.74, 6) is -0.442. The predicted octanol–water partition coefficient (Wildman–Crippen LogP) is 7.36. The number of anilines is 1. The van der Waals surface area contributed by atoms with Crippen LogP contribution in [0.4, 0.5) is 5.69 Å². The van der Waals surface area contributed by atoms with Crippen molar-refractivity contribution < 1.29 is 18.7 Å². The molecule has 0 radical (unpaired) electrons. The lowest BCUT2D eigenvalue weighted by atomic mass is 9.78. The monoisotopic (exact) mass is 447 g/mol. The van der Waals surface area contributed by atoms with Crippen molar-refractivity contribution in [2.45, 2.75) is 72.0 Å². The van der Waals surface area contributed by atoms with E-state index >= 15 is 0 Å². The third kappa shape index (κ3) is 6.12. The molecule has 1 atom stereocenters. The number of nitrogens with one attached hydrogen (secondary N) is 1. The second kappa shape index (κ2) is 9.77. The summed E-state index contributed by atoms with van der Waals surface area (Å²) in [4.78, 5) is 0. The highest BCUT2D eigenvalue weighted by Gasteiger charge is 2.39. The number of para-hydroxylation sites is 1. The molecule has 2 rings (SSSR count). The molecule has 0 heterocycles. The molecule has 6 heteroatoms. The average Bonchev–Trinajstić information content (AvgIpc) is 2.66. The van der Waals surface area contributed by atoms with Crippen molar-refractivity contribution in [3.05, 3.63) is 59.2 Å². The van der Waals surface area contributed by atoms with E-state index in [1.165, 1.54) is 0 Å². The minimum atomic E-state index is -3.57. The highest BCUT2D eigenvalue weighted by Crippen LogP contribution is 2.61. The Labute approximate surface area is 187 Å². The first kappa shape index (κ1) is 25.5. The largest absolute Gasteiger partial charge is 0.507 e. The van der Waals surface area contributed by atoms with Crippen LogP contribution in [-0.4, -0.2) is 18.3 Å². The van der Waals surface area contributed by atoms with Gasteiger partial charge in [0, 0.05) is 5.69 Å². The summed E-state index contributed by atoms with van der Waals surface area (Å²) in [5, 5.41) is 14.5. The topological polar surface area (TPSA) is 67.8 Å². The van der Waals surface area contributed by atoms with Gasteiger partial charge in [0.2, 0.25) is 0 Å². The van der Waals surface area contributed by atoms with Crippen LogP contribution < -0.4 is 5.32 Å². The second-order valence-electron chi connectivity index (χ2n) is 9.75. The average molecular weight is 448 g/mol. The van der Waals surface area contributed by atoms with Gasteiger partial charge in [-0.1, -0.05) is 59.7 Å². The molecule has 0 spiro atoms. The van der Waals surface area contributed by atoms with Gasteiger partial charge in [-0.2, -0.15) is 0 Å². The van der Waals surface area contributed by atoms with Crippen LogP contribution in [0.15, 0.2) is 42.5 Å². The van der Waals surface area contributed by atoms with Crippen molar-refractivity contribution in [3.8, 4) is 5.75 Å². The van der Waals surface area contributed by atoms with Crippen molar-refractivity contribution in [1.29, 1.82) is 0 Å². The third-order valence-corrected chi connectivity index (χ3v) is 7.37. The summed E-state index contributed by atoms with van der Waals surface area (Å²) in [6, 6.07) is 13.5. The summed E-state index contributed by atoms with van der Waals surface area (Å²) < 4.78 is 25.5. The zero-order chi connectivity index (χ0) is 23.4. The van der Waals surface area contributed by atoms with Crippen LogP contribution in [0.2, 0.25) is 0 Å². The fraction of sp³-hybridized carbons (Fsp3) is 0.520. The van der Waals surface area contributed by atoms with E-state index in [4.69, 9.17) is 9.05 Å². The summed E-state index contributed by atoms with van der Waals surface area (Å²) in [6.07, 6.45) is 0. The van der Waals surface area contributed by atoms with Crippen molar-refractivity contribution in [2.75, 3.05) is 18.5 Å². The first-order valence-electron chi connectivity index (χ1n) is 10.9. The van der Waals surface area contributed by atoms with E-state index in [1.54, 1.807) is 0 Å². The van der Waals surface area contributed by atoms with Gasteiger partial charge in [0.25, 0.3) is 0 Å². The molecule has 1 unspecified atom stereocenters. The molecule has 0 aliphatic rings. The molecule has 0 saturated carbocycles. The van der Waals surface area contributed by atoms with Crippen LogP contribution in [0.5, 0.6) is 5.75 Å². The van der Waals surface area contributed by atoms with Crippen molar-refractivity contribution in [1.82, 2.24) is 0 Å². The molecule has 0 aromatic heterocycles. The molecule has 5 nitrogen and oxygen atoms in total. The summed E-state index contributed by atoms with van der Waals surface area (Å²) in [6.45, 7) is 16.5. The Morgan fingerprint density at radius 1 is 0.903 bits per heavy atom. The second-order valence-corrected chi connectivity index (χ2v) is 11.9. The lowest BCUT2D eigenvalue weighted by Crippen LogP contribution is -2.21. The van der Waals surface area contributed by atoms with Gasteiger partial charge in [0.05, 0.1) is 13.2 Å². The third-order valence-electron chi connectivity index (χ3n) is 5.08.